The monoisotopic (exact) mass is 216 g/mol. The van der Waals surface area contributed by atoms with E-state index in [0.29, 0.717) is 0 Å². The van der Waals surface area contributed by atoms with E-state index in [1.54, 1.807) is 0 Å². The molecule has 2 aromatic rings. The Bertz CT molecular complexity index is 473. The van der Waals surface area contributed by atoms with Gasteiger partial charge in [0.15, 0.2) is 0 Å². The highest BCUT2D eigenvalue weighted by Gasteiger charge is 2.14. The third kappa shape index (κ3) is 1.84. The van der Waals surface area contributed by atoms with Crippen LogP contribution in [0.3, 0.4) is 0 Å². The van der Waals surface area contributed by atoms with E-state index in [2.05, 4.69) is 15.4 Å². The summed E-state index contributed by atoms with van der Waals surface area (Å²) in [5.41, 5.74) is 4.31. The van der Waals surface area contributed by atoms with E-state index < -0.39 is 0 Å². The van der Waals surface area contributed by atoms with Crippen LogP contribution in [0.5, 0.6) is 0 Å². The Morgan fingerprint density at radius 1 is 1.38 bits per heavy atom. The summed E-state index contributed by atoms with van der Waals surface area (Å²) in [5.74, 6) is 0. The molecule has 0 spiro atoms. The van der Waals surface area contributed by atoms with Gasteiger partial charge >= 0.3 is 0 Å². The molecule has 2 rings (SSSR count). The first-order chi connectivity index (χ1) is 7.74. The number of rotatable bonds is 3. The lowest BCUT2D eigenvalue weighted by atomic mass is 10.1. The van der Waals surface area contributed by atoms with E-state index in [-0.39, 0.29) is 0 Å². The van der Waals surface area contributed by atoms with Gasteiger partial charge in [-0.1, -0.05) is 6.07 Å². The molecule has 0 bridgehead atoms. The first-order valence-electron chi connectivity index (χ1n) is 5.32. The van der Waals surface area contributed by atoms with E-state index in [4.69, 9.17) is 0 Å². The van der Waals surface area contributed by atoms with Crippen molar-refractivity contribution < 1.29 is 0 Å². The van der Waals surface area contributed by atoms with Gasteiger partial charge < -0.3 is 5.32 Å². The van der Waals surface area contributed by atoms with Crippen molar-refractivity contribution in [1.82, 2.24) is 20.1 Å². The highest BCUT2D eigenvalue weighted by Crippen LogP contribution is 2.24. The minimum atomic E-state index is 0.795. The SMILES string of the molecule is CNCc1c(-c2ccccn2)c(C)nn1C. The molecule has 2 heterocycles. The third-order valence-corrected chi connectivity index (χ3v) is 2.61. The Morgan fingerprint density at radius 2 is 2.19 bits per heavy atom. The standard InChI is InChI=1S/C12H16N4/c1-9-12(10-6-4-5-7-14-10)11(8-13-2)16(3)15-9/h4-7,13H,8H2,1-3H3. The fraction of sp³-hybridized carbons (Fsp3) is 0.333. The second-order valence-corrected chi connectivity index (χ2v) is 3.78. The van der Waals surface area contributed by atoms with Gasteiger partial charge in [-0.3, -0.25) is 9.67 Å². The van der Waals surface area contributed by atoms with Crippen LogP contribution in [-0.2, 0) is 13.6 Å². The Balaban J connectivity index is 2.55. The molecule has 2 aromatic heterocycles. The molecule has 0 saturated heterocycles. The van der Waals surface area contributed by atoms with Crippen molar-refractivity contribution in [1.29, 1.82) is 0 Å². The zero-order valence-electron chi connectivity index (χ0n) is 9.86. The molecule has 4 nitrogen and oxygen atoms in total. The maximum atomic E-state index is 4.44. The van der Waals surface area contributed by atoms with E-state index in [9.17, 15) is 0 Å². The number of aromatic nitrogens is 3. The van der Waals surface area contributed by atoms with Crippen LogP contribution in [0, 0.1) is 6.92 Å². The maximum absolute atomic E-state index is 4.44. The van der Waals surface area contributed by atoms with Crippen LogP contribution in [0.4, 0.5) is 0 Å². The molecule has 0 aromatic carbocycles. The van der Waals surface area contributed by atoms with E-state index in [1.807, 2.05) is 50.1 Å². The summed E-state index contributed by atoms with van der Waals surface area (Å²) in [6, 6.07) is 5.94. The van der Waals surface area contributed by atoms with Gasteiger partial charge in [0.2, 0.25) is 0 Å². The summed E-state index contributed by atoms with van der Waals surface area (Å²) >= 11 is 0. The lowest BCUT2D eigenvalue weighted by Crippen LogP contribution is -2.10. The number of hydrogen-bond donors (Lipinski definition) is 1. The van der Waals surface area contributed by atoms with Crippen molar-refractivity contribution in [3.8, 4) is 11.3 Å². The number of hydrogen-bond acceptors (Lipinski definition) is 3. The summed E-state index contributed by atoms with van der Waals surface area (Å²) < 4.78 is 1.91. The highest BCUT2D eigenvalue weighted by molar-refractivity contribution is 5.64. The smallest absolute Gasteiger partial charge is 0.0739 e. The van der Waals surface area contributed by atoms with Gasteiger partial charge in [0.25, 0.3) is 0 Å². The summed E-state index contributed by atoms with van der Waals surface area (Å²) in [6.45, 7) is 2.81. The van der Waals surface area contributed by atoms with Gasteiger partial charge in [-0.05, 0) is 26.1 Å². The summed E-state index contributed by atoms with van der Waals surface area (Å²) in [6.07, 6.45) is 1.81. The molecule has 0 saturated carbocycles. The molecule has 0 aliphatic carbocycles. The second kappa shape index (κ2) is 4.45. The quantitative estimate of drug-likeness (QED) is 0.845. The molecule has 0 amide bonds. The second-order valence-electron chi connectivity index (χ2n) is 3.78. The third-order valence-electron chi connectivity index (χ3n) is 2.61. The van der Waals surface area contributed by atoms with Crippen molar-refractivity contribution in [3.63, 3.8) is 0 Å². The van der Waals surface area contributed by atoms with Crippen molar-refractivity contribution in [2.45, 2.75) is 13.5 Å². The van der Waals surface area contributed by atoms with Gasteiger partial charge in [-0.15, -0.1) is 0 Å². The Morgan fingerprint density at radius 3 is 2.81 bits per heavy atom. The fourth-order valence-electron chi connectivity index (χ4n) is 1.92. The summed E-state index contributed by atoms with van der Waals surface area (Å²) in [5, 5.41) is 7.60. The Labute approximate surface area is 95.3 Å². The molecule has 0 unspecified atom stereocenters. The Hall–Kier alpha value is -1.68. The minimum absolute atomic E-state index is 0.795. The molecule has 4 heteroatoms. The number of nitrogens with zero attached hydrogens (tertiary/aromatic N) is 3. The molecular formula is C12H16N4. The van der Waals surface area contributed by atoms with Crippen LogP contribution in [0.25, 0.3) is 11.3 Å². The van der Waals surface area contributed by atoms with Crippen molar-refractivity contribution >= 4 is 0 Å². The van der Waals surface area contributed by atoms with Crippen molar-refractivity contribution in [2.24, 2.45) is 7.05 Å². The minimum Gasteiger partial charge on any atom is -0.314 e. The molecule has 0 atom stereocenters. The molecular weight excluding hydrogens is 200 g/mol. The first-order valence-corrected chi connectivity index (χ1v) is 5.32. The van der Waals surface area contributed by atoms with Crippen LogP contribution in [0.1, 0.15) is 11.4 Å². The van der Waals surface area contributed by atoms with Crippen LogP contribution in [0.2, 0.25) is 0 Å². The zero-order chi connectivity index (χ0) is 11.5. The highest BCUT2D eigenvalue weighted by atomic mass is 15.3. The van der Waals surface area contributed by atoms with E-state index in [0.717, 1.165) is 23.5 Å². The van der Waals surface area contributed by atoms with Crippen LogP contribution in [0.15, 0.2) is 24.4 Å². The molecule has 0 fully saturated rings. The Kier molecular flexibility index (Phi) is 3.01. The zero-order valence-corrected chi connectivity index (χ0v) is 9.86. The summed E-state index contributed by atoms with van der Waals surface area (Å²) in [4.78, 5) is 4.38. The van der Waals surface area contributed by atoms with Crippen molar-refractivity contribution in [2.75, 3.05) is 7.05 Å². The fourth-order valence-corrected chi connectivity index (χ4v) is 1.92. The van der Waals surface area contributed by atoms with Crippen molar-refractivity contribution in [3.05, 3.63) is 35.8 Å². The average molecular weight is 216 g/mol. The van der Waals surface area contributed by atoms with Gasteiger partial charge in [0.1, 0.15) is 0 Å². The topological polar surface area (TPSA) is 42.7 Å². The molecule has 0 radical (unpaired) electrons. The maximum Gasteiger partial charge on any atom is 0.0739 e. The normalized spacial score (nSPS) is 10.7. The number of aryl methyl sites for hydroxylation is 2. The first kappa shape index (κ1) is 10.8. The van der Waals surface area contributed by atoms with Gasteiger partial charge in [0.05, 0.1) is 17.1 Å². The molecule has 0 aliphatic rings. The van der Waals surface area contributed by atoms with Crippen LogP contribution in [-0.4, -0.2) is 21.8 Å². The predicted molar refractivity (Wildman–Crippen MR) is 63.9 cm³/mol. The lowest BCUT2D eigenvalue weighted by Gasteiger charge is -2.05. The largest absolute Gasteiger partial charge is 0.314 e. The molecule has 1 N–H and O–H groups in total. The molecule has 0 aliphatic heterocycles. The van der Waals surface area contributed by atoms with E-state index >= 15 is 0 Å². The average Bonchev–Trinajstić information content (AvgIpc) is 2.56. The van der Waals surface area contributed by atoms with Crippen LogP contribution >= 0.6 is 0 Å². The van der Waals surface area contributed by atoms with E-state index in [1.165, 1.54) is 5.69 Å². The van der Waals surface area contributed by atoms with Crippen LogP contribution < -0.4 is 5.32 Å². The predicted octanol–water partition coefficient (Wildman–Crippen LogP) is 1.51. The molecule has 84 valence electrons. The molecule has 16 heavy (non-hydrogen) atoms. The number of nitrogens with one attached hydrogen (secondary N) is 1. The van der Waals surface area contributed by atoms with Gasteiger partial charge in [-0.25, -0.2) is 0 Å². The van der Waals surface area contributed by atoms with Gasteiger partial charge in [-0.2, -0.15) is 5.10 Å². The lowest BCUT2D eigenvalue weighted by molar-refractivity contribution is 0.669. The summed E-state index contributed by atoms with van der Waals surface area (Å²) in [7, 11) is 3.90. The number of pyridine rings is 1. The van der Waals surface area contributed by atoms with Gasteiger partial charge in [0, 0.05) is 25.4 Å².